The summed E-state index contributed by atoms with van der Waals surface area (Å²) < 4.78 is 41.9. The van der Waals surface area contributed by atoms with Crippen molar-refractivity contribution >= 4 is 7.32 Å². The van der Waals surface area contributed by atoms with Gasteiger partial charge in [-0.1, -0.05) is 0 Å². The van der Waals surface area contributed by atoms with E-state index in [2.05, 4.69) is 9.31 Å². The molecule has 0 aromatic carbocycles. The highest BCUT2D eigenvalue weighted by molar-refractivity contribution is 6.35. The van der Waals surface area contributed by atoms with Gasteiger partial charge >= 0.3 is 13.4 Å². The molecule has 0 radical (unpaired) electrons. The van der Waals surface area contributed by atoms with Gasteiger partial charge in [0.15, 0.2) is 0 Å². The van der Waals surface area contributed by atoms with E-state index in [1.807, 2.05) is 0 Å². The Kier molecular flexibility index (Phi) is 1.42. The van der Waals surface area contributed by atoms with Crippen LogP contribution in [0.2, 0.25) is 0 Å². The molecule has 1 fully saturated rings. The minimum absolute atomic E-state index is 2.16. The molecule has 52 valence electrons. The molecule has 0 aliphatic carbocycles. The normalized spacial score (nSPS) is 33.3. The van der Waals surface area contributed by atoms with Crippen LogP contribution in [0.1, 0.15) is 0 Å². The van der Waals surface area contributed by atoms with Crippen molar-refractivity contribution < 1.29 is 27.5 Å². The van der Waals surface area contributed by atoms with Gasteiger partial charge < -0.3 is 14.3 Å². The summed E-state index contributed by atoms with van der Waals surface area (Å²) in [6.45, 7) is 0. The van der Waals surface area contributed by atoms with Crippen molar-refractivity contribution in [3.05, 3.63) is 0 Å². The highest BCUT2D eigenvalue weighted by Gasteiger charge is 2.55. The molecule has 0 aromatic rings. The Morgan fingerprint density at radius 1 is 1.56 bits per heavy atom. The van der Waals surface area contributed by atoms with Crippen LogP contribution in [-0.4, -0.2) is 24.8 Å². The van der Waals surface area contributed by atoms with Crippen LogP contribution in [-0.2, 0) is 9.31 Å². The molecule has 1 saturated heterocycles. The van der Waals surface area contributed by atoms with Gasteiger partial charge in [0, 0.05) is 0 Å². The maximum Gasteiger partial charge on any atom is 0.643 e. The Bertz CT molecular complexity index is 120. The van der Waals surface area contributed by atoms with Crippen molar-refractivity contribution in [3.8, 4) is 0 Å². The number of rotatable bonds is 0. The fourth-order valence-electron chi connectivity index (χ4n) is 0.397. The van der Waals surface area contributed by atoms with Crippen LogP contribution < -0.4 is 0 Å². The van der Waals surface area contributed by atoms with E-state index < -0.39 is 19.8 Å². The Labute approximate surface area is 48.5 Å². The smallest absolute Gasteiger partial charge is 0.401 e. The summed E-state index contributed by atoms with van der Waals surface area (Å²) in [6.07, 6.45) is -6.88. The van der Waals surface area contributed by atoms with Crippen molar-refractivity contribution in [1.82, 2.24) is 0 Å². The minimum atomic E-state index is -4.01. The zero-order valence-corrected chi connectivity index (χ0v) is 4.05. The zero-order valence-electron chi connectivity index (χ0n) is 4.05. The summed E-state index contributed by atoms with van der Waals surface area (Å²) in [6, 6.07) is 0. The number of alkyl halides is 3. The quantitative estimate of drug-likeness (QED) is 0.479. The van der Waals surface area contributed by atoms with Crippen molar-refractivity contribution in [1.29, 1.82) is 0 Å². The molecule has 1 rings (SSSR count). The predicted octanol–water partition coefficient (Wildman–Crippen LogP) is -0.101. The molecule has 1 unspecified atom stereocenters. The molecule has 7 heteroatoms. The second kappa shape index (κ2) is 1.86. The van der Waals surface area contributed by atoms with Gasteiger partial charge in [0.05, 0.1) is 0 Å². The lowest BCUT2D eigenvalue weighted by molar-refractivity contribution is -0.229. The van der Waals surface area contributed by atoms with Gasteiger partial charge in [-0.15, -0.1) is 0 Å². The lowest BCUT2D eigenvalue weighted by Crippen LogP contribution is -2.25. The summed E-state index contributed by atoms with van der Waals surface area (Å²) in [4.78, 5) is 0. The third-order valence-electron chi connectivity index (χ3n) is 0.758. The van der Waals surface area contributed by atoms with Gasteiger partial charge in [-0.05, 0) is 0 Å². The molecule has 0 bridgehead atoms. The first-order chi connectivity index (χ1) is 4.02. The fourth-order valence-corrected chi connectivity index (χ4v) is 0.397. The van der Waals surface area contributed by atoms with E-state index in [1.165, 1.54) is 0 Å². The Morgan fingerprint density at radius 3 is 2.22 bits per heavy atom. The molecule has 0 spiro atoms. The summed E-state index contributed by atoms with van der Waals surface area (Å²) in [7, 11) is -2.16. The van der Waals surface area contributed by atoms with Crippen LogP contribution in [0.15, 0.2) is 0 Å². The van der Waals surface area contributed by atoms with Crippen molar-refractivity contribution in [3.63, 3.8) is 0 Å². The van der Waals surface area contributed by atoms with Gasteiger partial charge in [-0.3, -0.25) is 0 Å². The van der Waals surface area contributed by atoms with E-state index in [4.69, 9.17) is 5.02 Å². The monoisotopic (exact) mass is 142 g/mol. The third kappa shape index (κ3) is 1.17. The van der Waals surface area contributed by atoms with Crippen LogP contribution in [0.25, 0.3) is 0 Å². The molecular formula is C2H2BF3O3. The molecule has 1 atom stereocenters. The Morgan fingerprint density at radius 2 is 2.11 bits per heavy atom. The topological polar surface area (TPSA) is 38.7 Å². The van der Waals surface area contributed by atoms with E-state index in [0.717, 1.165) is 0 Å². The van der Waals surface area contributed by atoms with Crippen LogP contribution >= 0.6 is 0 Å². The lowest BCUT2D eigenvalue weighted by atomic mass is 10.3. The van der Waals surface area contributed by atoms with E-state index in [9.17, 15) is 13.2 Å². The lowest BCUT2D eigenvalue weighted by Gasteiger charge is -2.06. The van der Waals surface area contributed by atoms with Crippen LogP contribution in [0, 0.1) is 0 Å². The summed E-state index contributed by atoms with van der Waals surface area (Å²) in [5.74, 6) is 0. The summed E-state index contributed by atoms with van der Waals surface area (Å²) in [5.41, 5.74) is 0. The maximum atomic E-state index is 11.7. The van der Waals surface area contributed by atoms with E-state index in [1.54, 1.807) is 0 Å². The molecule has 0 saturated carbocycles. The van der Waals surface area contributed by atoms with E-state index in [-0.39, 0.29) is 0 Å². The van der Waals surface area contributed by atoms with Crippen LogP contribution in [0.4, 0.5) is 13.2 Å². The molecule has 1 heterocycles. The first kappa shape index (κ1) is 6.85. The molecule has 9 heavy (non-hydrogen) atoms. The predicted molar refractivity (Wildman–Crippen MR) is 20.0 cm³/mol. The average Bonchev–Trinajstić information content (AvgIpc) is 1.79. The third-order valence-corrected chi connectivity index (χ3v) is 0.758. The fraction of sp³-hybridized carbons (Fsp3) is 1.00. The molecule has 0 amide bonds. The maximum absolute atomic E-state index is 11.7. The number of halogens is 3. The standard InChI is InChI=1S/C2H2BF3O3/c4-1-2(5,6)9-3(7)8-1/h1,7H. The molecule has 1 aliphatic rings. The zero-order chi connectivity index (χ0) is 7.07. The molecule has 0 aromatic heterocycles. The van der Waals surface area contributed by atoms with Gasteiger partial charge in [0.25, 0.3) is 6.36 Å². The summed E-state index contributed by atoms with van der Waals surface area (Å²) >= 11 is 0. The van der Waals surface area contributed by atoms with E-state index in [0.29, 0.717) is 0 Å². The van der Waals surface area contributed by atoms with Gasteiger partial charge in [0.2, 0.25) is 0 Å². The largest absolute Gasteiger partial charge is 0.643 e. The van der Waals surface area contributed by atoms with Crippen molar-refractivity contribution in [2.75, 3.05) is 0 Å². The Balaban J connectivity index is 2.58. The molecule has 1 aliphatic heterocycles. The minimum Gasteiger partial charge on any atom is -0.401 e. The molecule has 1 N–H and O–H groups in total. The van der Waals surface area contributed by atoms with Crippen molar-refractivity contribution in [2.45, 2.75) is 12.5 Å². The second-order valence-corrected chi connectivity index (χ2v) is 1.44. The van der Waals surface area contributed by atoms with Gasteiger partial charge in [-0.2, -0.15) is 8.78 Å². The highest BCUT2D eigenvalue weighted by atomic mass is 19.3. The van der Waals surface area contributed by atoms with Crippen LogP contribution in [0.5, 0.6) is 0 Å². The molecule has 3 nitrogen and oxygen atoms in total. The van der Waals surface area contributed by atoms with Crippen LogP contribution in [0.3, 0.4) is 0 Å². The SMILES string of the molecule is OB1OC(F)C(F)(F)O1. The van der Waals surface area contributed by atoms with E-state index >= 15 is 0 Å². The average molecular weight is 142 g/mol. The first-order valence-electron chi connectivity index (χ1n) is 2.05. The van der Waals surface area contributed by atoms with Crippen molar-refractivity contribution in [2.24, 2.45) is 0 Å². The summed E-state index contributed by atoms with van der Waals surface area (Å²) in [5, 5.41) is 8.07. The van der Waals surface area contributed by atoms with Gasteiger partial charge in [0.1, 0.15) is 0 Å². The second-order valence-electron chi connectivity index (χ2n) is 1.44. The molecular weight excluding hydrogens is 140 g/mol. The van der Waals surface area contributed by atoms with Gasteiger partial charge in [-0.25, -0.2) is 4.39 Å². The number of hydrogen-bond acceptors (Lipinski definition) is 3. The highest BCUT2D eigenvalue weighted by Crippen LogP contribution is 2.30. The number of hydrogen-bond donors (Lipinski definition) is 1. The Hall–Kier alpha value is -0.265. The first-order valence-corrected chi connectivity index (χ1v) is 2.05.